The Morgan fingerprint density at radius 2 is 1.81 bits per heavy atom. The molecule has 1 aliphatic heterocycles. The van der Waals surface area contributed by atoms with Crippen LogP contribution in [0.4, 0.5) is 0 Å². The fourth-order valence-corrected chi connectivity index (χ4v) is 3.43. The van der Waals surface area contributed by atoms with Crippen LogP contribution in [0.1, 0.15) is 23.2 Å². The Morgan fingerprint density at radius 3 is 2.46 bits per heavy atom. The molecule has 1 N–H and O–H groups in total. The number of amides is 3. The molecule has 1 aromatic heterocycles. The number of nitrogens with one attached hydrogen (secondary N) is 1. The maximum Gasteiger partial charge on any atom is 0.251 e. The third-order valence-electron chi connectivity index (χ3n) is 4.10. The van der Waals surface area contributed by atoms with Gasteiger partial charge in [0.1, 0.15) is 0 Å². The minimum Gasteiger partial charge on any atom is -0.378 e. The van der Waals surface area contributed by atoms with Gasteiger partial charge in [-0.15, -0.1) is 11.3 Å². The van der Waals surface area contributed by atoms with Crippen LogP contribution in [-0.2, 0) is 14.3 Å². The molecule has 0 atom stereocenters. The molecule has 3 rings (SSSR count). The van der Waals surface area contributed by atoms with Gasteiger partial charge < -0.3 is 10.1 Å². The first kappa shape index (κ1) is 18.3. The van der Waals surface area contributed by atoms with E-state index in [1.54, 1.807) is 23.5 Å². The van der Waals surface area contributed by atoms with Crippen molar-refractivity contribution in [1.29, 1.82) is 0 Å². The fourth-order valence-electron chi connectivity index (χ4n) is 2.70. The van der Waals surface area contributed by atoms with Crippen LogP contribution in [0, 0.1) is 0 Å². The summed E-state index contributed by atoms with van der Waals surface area (Å²) in [6.45, 7) is 1.25. The summed E-state index contributed by atoms with van der Waals surface area (Å²) in [4.78, 5) is 37.4. The summed E-state index contributed by atoms with van der Waals surface area (Å²) < 4.78 is 5.39. The van der Waals surface area contributed by atoms with E-state index in [0.717, 1.165) is 5.56 Å². The van der Waals surface area contributed by atoms with E-state index in [2.05, 4.69) is 5.32 Å². The monoisotopic (exact) mass is 372 g/mol. The van der Waals surface area contributed by atoms with Crippen LogP contribution < -0.4 is 5.32 Å². The number of nitrogens with zero attached hydrogens (tertiary/aromatic N) is 1. The van der Waals surface area contributed by atoms with Gasteiger partial charge in [0, 0.05) is 29.8 Å². The Bertz CT molecular complexity index is 755. The molecule has 2 aromatic rings. The van der Waals surface area contributed by atoms with E-state index in [9.17, 15) is 14.4 Å². The quantitative estimate of drug-likeness (QED) is 0.570. The van der Waals surface area contributed by atoms with E-state index in [0.29, 0.717) is 31.6 Å². The molecule has 1 aliphatic rings. The Labute approximate surface area is 155 Å². The highest BCUT2D eigenvalue weighted by Crippen LogP contribution is 2.24. The van der Waals surface area contributed by atoms with Gasteiger partial charge in [-0.1, -0.05) is 18.2 Å². The highest BCUT2D eigenvalue weighted by atomic mass is 32.1. The number of carbonyl (C=O) groups is 3. The Kier molecular flexibility index (Phi) is 6.14. The van der Waals surface area contributed by atoms with Gasteiger partial charge in [0.15, 0.2) is 0 Å². The number of thiophene rings is 1. The maximum atomic E-state index is 12.1. The fraction of sp³-hybridized carbons (Fsp3) is 0.316. The lowest BCUT2D eigenvalue weighted by Gasteiger charge is -2.13. The summed E-state index contributed by atoms with van der Waals surface area (Å²) in [6.07, 6.45) is 0.584. The van der Waals surface area contributed by atoms with E-state index >= 15 is 0 Å². The van der Waals surface area contributed by atoms with Crippen molar-refractivity contribution in [3.8, 4) is 10.4 Å². The van der Waals surface area contributed by atoms with Crippen LogP contribution in [0.2, 0.25) is 0 Å². The van der Waals surface area contributed by atoms with Crippen molar-refractivity contribution in [1.82, 2.24) is 10.2 Å². The molecule has 0 aliphatic carbocycles. The number of likely N-dealkylation sites (tertiary alicyclic amines) is 1. The third kappa shape index (κ3) is 4.56. The summed E-state index contributed by atoms with van der Waals surface area (Å²) in [6, 6.07) is 11.5. The summed E-state index contributed by atoms with van der Waals surface area (Å²) >= 11 is 1.66. The van der Waals surface area contributed by atoms with E-state index < -0.39 is 0 Å². The number of ether oxygens (including phenoxy) is 1. The van der Waals surface area contributed by atoms with Gasteiger partial charge in [-0.2, -0.15) is 0 Å². The molecule has 1 fully saturated rings. The van der Waals surface area contributed by atoms with E-state index in [1.807, 2.05) is 29.6 Å². The predicted molar refractivity (Wildman–Crippen MR) is 98.9 cm³/mol. The van der Waals surface area contributed by atoms with Crippen LogP contribution in [-0.4, -0.2) is 48.9 Å². The van der Waals surface area contributed by atoms with Crippen LogP contribution >= 0.6 is 11.3 Å². The molecular weight excluding hydrogens is 352 g/mol. The van der Waals surface area contributed by atoms with Gasteiger partial charge in [0.25, 0.3) is 5.91 Å². The molecule has 7 heteroatoms. The predicted octanol–water partition coefficient (Wildman–Crippen LogP) is 2.31. The molecular formula is C19H20N2O4S. The van der Waals surface area contributed by atoms with Crippen LogP contribution in [0.5, 0.6) is 0 Å². The second kappa shape index (κ2) is 8.73. The average molecular weight is 372 g/mol. The van der Waals surface area contributed by atoms with E-state index in [4.69, 9.17) is 4.74 Å². The van der Waals surface area contributed by atoms with Crippen molar-refractivity contribution in [3.63, 3.8) is 0 Å². The summed E-state index contributed by atoms with van der Waals surface area (Å²) in [5, 5.41) is 4.81. The summed E-state index contributed by atoms with van der Waals surface area (Å²) in [5.74, 6) is -0.438. The Hall–Kier alpha value is -2.51. The Morgan fingerprint density at radius 1 is 1.08 bits per heavy atom. The minimum atomic E-state index is -0.156. The number of benzene rings is 1. The Balaban J connectivity index is 1.35. The van der Waals surface area contributed by atoms with Gasteiger partial charge in [-0.3, -0.25) is 19.3 Å². The molecule has 0 spiro atoms. The number of rotatable bonds is 8. The van der Waals surface area contributed by atoms with Crippen molar-refractivity contribution in [3.05, 3.63) is 47.3 Å². The highest BCUT2D eigenvalue weighted by molar-refractivity contribution is 7.13. The van der Waals surface area contributed by atoms with Crippen LogP contribution in [0.3, 0.4) is 0 Å². The van der Waals surface area contributed by atoms with E-state index in [-0.39, 0.29) is 30.9 Å². The third-order valence-corrected chi connectivity index (χ3v) is 5.02. The normalized spacial score (nSPS) is 14.1. The van der Waals surface area contributed by atoms with Gasteiger partial charge >= 0.3 is 0 Å². The van der Waals surface area contributed by atoms with Crippen LogP contribution in [0.15, 0.2) is 41.8 Å². The second-order valence-corrected chi connectivity index (χ2v) is 6.81. The lowest BCUT2D eigenvalue weighted by atomic mass is 10.1. The lowest BCUT2D eigenvalue weighted by molar-refractivity contribution is -0.139. The number of imide groups is 1. The molecule has 136 valence electrons. The number of carbonyl (C=O) groups excluding carboxylic acids is 3. The molecule has 2 heterocycles. The first-order valence-electron chi connectivity index (χ1n) is 8.48. The van der Waals surface area contributed by atoms with Gasteiger partial charge in [0.2, 0.25) is 11.8 Å². The topological polar surface area (TPSA) is 75.7 Å². The molecule has 26 heavy (non-hydrogen) atoms. The zero-order valence-electron chi connectivity index (χ0n) is 14.3. The van der Waals surface area contributed by atoms with E-state index in [1.165, 1.54) is 9.78 Å². The van der Waals surface area contributed by atoms with Crippen molar-refractivity contribution < 1.29 is 19.1 Å². The summed E-state index contributed by atoms with van der Waals surface area (Å²) in [5.41, 5.74) is 1.68. The lowest BCUT2D eigenvalue weighted by Crippen LogP contribution is -2.33. The zero-order valence-corrected chi connectivity index (χ0v) is 15.1. The van der Waals surface area contributed by atoms with Gasteiger partial charge in [-0.25, -0.2) is 0 Å². The first-order valence-corrected chi connectivity index (χ1v) is 9.36. The van der Waals surface area contributed by atoms with Crippen molar-refractivity contribution in [2.45, 2.75) is 12.8 Å². The first-order chi connectivity index (χ1) is 12.6. The highest BCUT2D eigenvalue weighted by Gasteiger charge is 2.28. The van der Waals surface area contributed by atoms with Crippen molar-refractivity contribution >= 4 is 29.1 Å². The standard InChI is InChI=1S/C19H20N2O4S/c22-17-7-8-18(23)21(17)10-12-25-11-9-20-19(24)15-5-3-14(4-6-15)16-2-1-13-26-16/h1-6,13H,7-12H2,(H,20,24). The number of hydrogen-bond donors (Lipinski definition) is 1. The molecule has 0 radical (unpaired) electrons. The SMILES string of the molecule is O=C(NCCOCCN1C(=O)CCC1=O)c1ccc(-c2cccs2)cc1. The summed E-state index contributed by atoms with van der Waals surface area (Å²) in [7, 11) is 0. The second-order valence-electron chi connectivity index (χ2n) is 5.86. The van der Waals surface area contributed by atoms with Crippen LogP contribution in [0.25, 0.3) is 10.4 Å². The smallest absolute Gasteiger partial charge is 0.251 e. The van der Waals surface area contributed by atoms with Gasteiger partial charge in [-0.05, 0) is 29.1 Å². The zero-order chi connectivity index (χ0) is 18.4. The molecule has 0 saturated carbocycles. The minimum absolute atomic E-state index is 0.141. The molecule has 3 amide bonds. The molecule has 1 saturated heterocycles. The van der Waals surface area contributed by atoms with Gasteiger partial charge in [0.05, 0.1) is 19.8 Å². The largest absolute Gasteiger partial charge is 0.378 e. The maximum absolute atomic E-state index is 12.1. The molecule has 0 unspecified atom stereocenters. The van der Waals surface area contributed by atoms with Crippen molar-refractivity contribution in [2.24, 2.45) is 0 Å². The average Bonchev–Trinajstić information content (AvgIpc) is 3.29. The number of hydrogen-bond acceptors (Lipinski definition) is 5. The molecule has 6 nitrogen and oxygen atoms in total. The molecule has 1 aromatic carbocycles. The van der Waals surface area contributed by atoms with Crippen molar-refractivity contribution in [2.75, 3.05) is 26.3 Å². The molecule has 0 bridgehead atoms.